The van der Waals surface area contributed by atoms with Crippen LogP contribution in [0.3, 0.4) is 0 Å². The van der Waals surface area contributed by atoms with E-state index >= 15 is 0 Å². The van der Waals surface area contributed by atoms with Crippen LogP contribution in [0.1, 0.15) is 44.2 Å². The van der Waals surface area contributed by atoms with Gasteiger partial charge in [-0.2, -0.15) is 0 Å². The minimum Gasteiger partial charge on any atom is -0.390 e. The summed E-state index contributed by atoms with van der Waals surface area (Å²) >= 11 is 0. The number of hydrogen-bond donors (Lipinski definition) is 1. The predicted molar refractivity (Wildman–Crippen MR) is 93.0 cm³/mol. The number of benzene rings is 1. The fraction of sp³-hybridized carbons (Fsp3) is 0.684. The first-order chi connectivity index (χ1) is 10.3. The molecule has 0 aliphatic carbocycles. The Hall–Kier alpha value is -0.900. The second-order valence-corrected chi connectivity index (χ2v) is 7.60. The molecule has 1 saturated heterocycles. The summed E-state index contributed by atoms with van der Waals surface area (Å²) in [6, 6.07) is 9.59. The van der Waals surface area contributed by atoms with E-state index in [1.54, 1.807) is 0 Å². The van der Waals surface area contributed by atoms with Crippen molar-refractivity contribution in [1.29, 1.82) is 0 Å². The number of aryl methyl sites for hydroxylation is 1. The SMILES string of the molecule is CN(Cc1ccc(CCC(C)(C)O)cc1)C[C@@H]1CCCN1C. The fourth-order valence-electron chi connectivity index (χ4n) is 3.21. The van der Waals surface area contributed by atoms with Crippen LogP contribution in [0.5, 0.6) is 0 Å². The molecular formula is C19H32N2O. The van der Waals surface area contributed by atoms with E-state index in [1.807, 2.05) is 13.8 Å². The van der Waals surface area contributed by atoms with Gasteiger partial charge in [0.2, 0.25) is 0 Å². The molecule has 2 rings (SSSR count). The molecule has 1 fully saturated rings. The lowest BCUT2D eigenvalue weighted by Crippen LogP contribution is -2.36. The zero-order valence-electron chi connectivity index (χ0n) is 14.7. The Morgan fingerprint density at radius 2 is 1.86 bits per heavy atom. The molecule has 0 saturated carbocycles. The van der Waals surface area contributed by atoms with Crippen molar-refractivity contribution in [3.05, 3.63) is 35.4 Å². The largest absolute Gasteiger partial charge is 0.390 e. The molecular weight excluding hydrogens is 272 g/mol. The lowest BCUT2D eigenvalue weighted by molar-refractivity contribution is 0.0714. The van der Waals surface area contributed by atoms with Gasteiger partial charge in [-0.1, -0.05) is 24.3 Å². The van der Waals surface area contributed by atoms with Crippen LogP contribution in [0.25, 0.3) is 0 Å². The summed E-state index contributed by atoms with van der Waals surface area (Å²) in [6.07, 6.45) is 4.41. The molecule has 1 N–H and O–H groups in total. The summed E-state index contributed by atoms with van der Waals surface area (Å²) in [7, 11) is 4.46. The molecule has 3 nitrogen and oxygen atoms in total. The molecule has 1 aromatic rings. The highest BCUT2D eigenvalue weighted by Crippen LogP contribution is 2.17. The molecule has 124 valence electrons. The van der Waals surface area contributed by atoms with Gasteiger partial charge in [-0.15, -0.1) is 0 Å². The molecule has 0 amide bonds. The second kappa shape index (κ2) is 7.58. The number of hydrogen-bond acceptors (Lipinski definition) is 3. The van der Waals surface area contributed by atoms with Crippen molar-refractivity contribution in [2.75, 3.05) is 27.2 Å². The average molecular weight is 304 g/mol. The maximum atomic E-state index is 9.80. The zero-order chi connectivity index (χ0) is 16.2. The number of rotatable bonds is 7. The lowest BCUT2D eigenvalue weighted by Gasteiger charge is -2.25. The maximum absolute atomic E-state index is 9.80. The first-order valence-electron chi connectivity index (χ1n) is 8.52. The molecule has 3 heteroatoms. The second-order valence-electron chi connectivity index (χ2n) is 7.60. The van der Waals surface area contributed by atoms with Gasteiger partial charge in [-0.25, -0.2) is 0 Å². The Labute approximate surface area is 135 Å². The summed E-state index contributed by atoms with van der Waals surface area (Å²) in [5.41, 5.74) is 2.10. The van der Waals surface area contributed by atoms with Gasteiger partial charge in [0, 0.05) is 19.1 Å². The predicted octanol–water partition coefficient (Wildman–Crippen LogP) is 2.92. The summed E-state index contributed by atoms with van der Waals surface area (Å²) in [4.78, 5) is 4.91. The van der Waals surface area contributed by atoms with E-state index in [1.165, 1.54) is 30.5 Å². The Morgan fingerprint density at radius 1 is 1.23 bits per heavy atom. The van der Waals surface area contributed by atoms with Gasteiger partial charge < -0.3 is 14.9 Å². The monoisotopic (exact) mass is 304 g/mol. The van der Waals surface area contributed by atoms with Crippen molar-refractivity contribution in [2.24, 2.45) is 0 Å². The topological polar surface area (TPSA) is 26.7 Å². The van der Waals surface area contributed by atoms with Gasteiger partial charge in [0.1, 0.15) is 0 Å². The molecule has 0 radical (unpaired) electrons. The van der Waals surface area contributed by atoms with Crippen LogP contribution >= 0.6 is 0 Å². The van der Waals surface area contributed by atoms with Crippen molar-refractivity contribution in [3.63, 3.8) is 0 Å². The highest BCUT2D eigenvalue weighted by molar-refractivity contribution is 5.22. The quantitative estimate of drug-likeness (QED) is 0.839. The van der Waals surface area contributed by atoms with Crippen molar-refractivity contribution in [1.82, 2.24) is 9.80 Å². The third kappa shape index (κ3) is 5.71. The van der Waals surface area contributed by atoms with Crippen LogP contribution < -0.4 is 0 Å². The van der Waals surface area contributed by atoms with E-state index in [2.05, 4.69) is 48.2 Å². The first kappa shape index (κ1) is 17.5. The van der Waals surface area contributed by atoms with Crippen LogP contribution in [-0.2, 0) is 13.0 Å². The summed E-state index contributed by atoms with van der Waals surface area (Å²) in [6.45, 7) is 7.15. The molecule has 0 unspecified atom stereocenters. The zero-order valence-corrected chi connectivity index (χ0v) is 14.7. The summed E-state index contributed by atoms with van der Waals surface area (Å²) in [5, 5.41) is 9.80. The van der Waals surface area contributed by atoms with Gasteiger partial charge in [0.15, 0.2) is 0 Å². The maximum Gasteiger partial charge on any atom is 0.0594 e. The molecule has 1 aliphatic heterocycles. The Kier molecular flexibility index (Phi) is 6.01. The first-order valence-corrected chi connectivity index (χ1v) is 8.52. The van der Waals surface area contributed by atoms with Crippen LogP contribution in [0.2, 0.25) is 0 Å². The molecule has 0 spiro atoms. The average Bonchev–Trinajstić information content (AvgIpc) is 2.82. The lowest BCUT2D eigenvalue weighted by atomic mass is 9.98. The van der Waals surface area contributed by atoms with Gasteiger partial charge in [0.05, 0.1) is 5.60 Å². The molecule has 1 aliphatic rings. The number of nitrogens with zero attached hydrogens (tertiary/aromatic N) is 2. The van der Waals surface area contributed by atoms with E-state index in [9.17, 15) is 5.11 Å². The summed E-state index contributed by atoms with van der Waals surface area (Å²) in [5.74, 6) is 0. The molecule has 1 atom stereocenters. The van der Waals surface area contributed by atoms with Crippen LogP contribution in [0.15, 0.2) is 24.3 Å². The van der Waals surface area contributed by atoms with E-state index in [4.69, 9.17) is 0 Å². The van der Waals surface area contributed by atoms with E-state index in [0.29, 0.717) is 0 Å². The van der Waals surface area contributed by atoms with Crippen LogP contribution in [0.4, 0.5) is 0 Å². The molecule has 22 heavy (non-hydrogen) atoms. The number of aliphatic hydroxyl groups is 1. The van der Waals surface area contributed by atoms with E-state index < -0.39 is 5.60 Å². The highest BCUT2D eigenvalue weighted by atomic mass is 16.3. The fourth-order valence-corrected chi connectivity index (χ4v) is 3.21. The van der Waals surface area contributed by atoms with E-state index in [-0.39, 0.29) is 0 Å². The minimum atomic E-state index is -0.577. The highest BCUT2D eigenvalue weighted by Gasteiger charge is 2.21. The van der Waals surface area contributed by atoms with Gasteiger partial charge in [-0.05, 0) is 71.3 Å². The van der Waals surface area contributed by atoms with Crippen molar-refractivity contribution in [3.8, 4) is 0 Å². The smallest absolute Gasteiger partial charge is 0.0594 e. The Balaban J connectivity index is 1.80. The number of likely N-dealkylation sites (tertiary alicyclic amines) is 1. The normalized spacial score (nSPS) is 20.0. The third-order valence-corrected chi connectivity index (χ3v) is 4.69. The summed E-state index contributed by atoms with van der Waals surface area (Å²) < 4.78 is 0. The Bertz CT molecular complexity index is 449. The number of likely N-dealkylation sites (N-methyl/N-ethyl adjacent to an activating group) is 2. The van der Waals surface area contributed by atoms with Crippen molar-refractivity contribution in [2.45, 2.75) is 57.7 Å². The Morgan fingerprint density at radius 3 is 2.41 bits per heavy atom. The van der Waals surface area contributed by atoms with Crippen molar-refractivity contribution >= 4 is 0 Å². The van der Waals surface area contributed by atoms with Gasteiger partial charge >= 0.3 is 0 Å². The molecule has 1 aromatic carbocycles. The molecule has 0 bridgehead atoms. The van der Waals surface area contributed by atoms with E-state index in [0.717, 1.165) is 32.0 Å². The molecule has 0 aromatic heterocycles. The van der Waals surface area contributed by atoms with Crippen LogP contribution in [0, 0.1) is 0 Å². The molecule has 1 heterocycles. The van der Waals surface area contributed by atoms with Gasteiger partial charge in [-0.3, -0.25) is 0 Å². The van der Waals surface area contributed by atoms with Crippen LogP contribution in [-0.4, -0.2) is 53.7 Å². The van der Waals surface area contributed by atoms with Crippen molar-refractivity contribution < 1.29 is 5.11 Å². The minimum absolute atomic E-state index is 0.577. The van der Waals surface area contributed by atoms with Gasteiger partial charge in [0.25, 0.3) is 0 Å². The standard InChI is InChI=1S/C19H32N2O/c1-19(2,22)12-11-16-7-9-17(10-8-16)14-20(3)15-18-6-5-13-21(18)4/h7-10,18,22H,5-6,11-15H2,1-4H3/t18-/m0/s1. The third-order valence-electron chi connectivity index (χ3n) is 4.69.